The Morgan fingerprint density at radius 3 is 2.86 bits per heavy atom. The number of fused-ring (bicyclic) bond motifs is 1. The summed E-state index contributed by atoms with van der Waals surface area (Å²) in [7, 11) is 1.63. The van der Waals surface area contributed by atoms with Gasteiger partial charge in [0.25, 0.3) is 0 Å². The normalized spacial score (nSPS) is 10.9. The SMILES string of the molecule is COc1ccc(Br)cc1Nc1nc(Cl)nc2sc(C)cc12. The van der Waals surface area contributed by atoms with Crippen LogP contribution in [0.4, 0.5) is 11.5 Å². The van der Waals surface area contributed by atoms with Crippen molar-refractivity contribution in [1.29, 1.82) is 0 Å². The summed E-state index contributed by atoms with van der Waals surface area (Å²) in [6.45, 7) is 2.03. The first kappa shape index (κ1) is 14.6. The number of halogens is 2. The summed E-state index contributed by atoms with van der Waals surface area (Å²) in [6, 6.07) is 7.77. The van der Waals surface area contributed by atoms with E-state index in [1.54, 1.807) is 18.4 Å². The Labute approximate surface area is 139 Å². The van der Waals surface area contributed by atoms with Gasteiger partial charge in [0, 0.05) is 9.35 Å². The van der Waals surface area contributed by atoms with Gasteiger partial charge in [-0.15, -0.1) is 11.3 Å². The molecule has 0 fully saturated rings. The Kier molecular flexibility index (Phi) is 4.01. The van der Waals surface area contributed by atoms with E-state index in [4.69, 9.17) is 16.3 Å². The highest BCUT2D eigenvalue weighted by atomic mass is 79.9. The second kappa shape index (κ2) is 5.79. The Hall–Kier alpha value is -1.37. The first-order valence-corrected chi connectivity index (χ1v) is 8.10. The van der Waals surface area contributed by atoms with Crippen LogP contribution < -0.4 is 10.1 Å². The van der Waals surface area contributed by atoms with E-state index in [1.807, 2.05) is 31.2 Å². The molecule has 0 aliphatic rings. The molecule has 0 amide bonds. The molecule has 1 N–H and O–H groups in total. The molecule has 0 radical (unpaired) electrons. The van der Waals surface area contributed by atoms with Crippen molar-refractivity contribution >= 4 is 60.6 Å². The van der Waals surface area contributed by atoms with Crippen LogP contribution in [0, 0.1) is 6.92 Å². The topological polar surface area (TPSA) is 47.0 Å². The zero-order valence-electron chi connectivity index (χ0n) is 11.3. The van der Waals surface area contributed by atoms with Gasteiger partial charge < -0.3 is 10.1 Å². The average molecular weight is 385 g/mol. The van der Waals surface area contributed by atoms with Gasteiger partial charge in [0.2, 0.25) is 5.28 Å². The molecule has 21 heavy (non-hydrogen) atoms. The van der Waals surface area contributed by atoms with Gasteiger partial charge in [-0.1, -0.05) is 15.9 Å². The molecule has 2 aromatic heterocycles. The van der Waals surface area contributed by atoms with Crippen LogP contribution in [-0.2, 0) is 0 Å². The van der Waals surface area contributed by atoms with Crippen LogP contribution in [0.2, 0.25) is 5.28 Å². The van der Waals surface area contributed by atoms with Gasteiger partial charge >= 0.3 is 0 Å². The van der Waals surface area contributed by atoms with E-state index in [9.17, 15) is 0 Å². The Balaban J connectivity index is 2.11. The van der Waals surface area contributed by atoms with E-state index < -0.39 is 0 Å². The van der Waals surface area contributed by atoms with Gasteiger partial charge in [-0.05, 0) is 42.8 Å². The Morgan fingerprint density at radius 2 is 2.10 bits per heavy atom. The molecule has 0 unspecified atom stereocenters. The van der Waals surface area contributed by atoms with Gasteiger partial charge in [-0.25, -0.2) is 4.98 Å². The van der Waals surface area contributed by atoms with Crippen LogP contribution in [0.3, 0.4) is 0 Å². The molecular weight excluding hydrogens is 374 g/mol. The number of methoxy groups -OCH3 is 1. The van der Waals surface area contributed by atoms with Crippen molar-refractivity contribution in [3.63, 3.8) is 0 Å². The molecule has 0 atom stereocenters. The van der Waals surface area contributed by atoms with Gasteiger partial charge in [-0.2, -0.15) is 4.98 Å². The molecule has 0 bridgehead atoms. The maximum atomic E-state index is 6.01. The lowest BCUT2D eigenvalue weighted by atomic mass is 10.2. The van der Waals surface area contributed by atoms with Crippen molar-refractivity contribution < 1.29 is 4.74 Å². The van der Waals surface area contributed by atoms with E-state index in [0.717, 1.165) is 31.0 Å². The minimum Gasteiger partial charge on any atom is -0.495 e. The molecule has 0 aliphatic heterocycles. The molecule has 3 rings (SSSR count). The lowest BCUT2D eigenvalue weighted by Crippen LogP contribution is -1.98. The molecule has 0 saturated carbocycles. The fourth-order valence-corrected chi connectivity index (χ4v) is 3.48. The van der Waals surface area contributed by atoms with Crippen LogP contribution in [0.15, 0.2) is 28.7 Å². The maximum Gasteiger partial charge on any atom is 0.225 e. The quantitative estimate of drug-likeness (QED) is 0.633. The van der Waals surface area contributed by atoms with Crippen molar-refractivity contribution in [3.05, 3.63) is 38.9 Å². The number of benzene rings is 1. The third-order valence-electron chi connectivity index (χ3n) is 2.90. The third kappa shape index (κ3) is 2.97. The number of nitrogens with zero attached hydrogens (tertiary/aromatic N) is 2. The molecule has 108 valence electrons. The van der Waals surface area contributed by atoms with Crippen LogP contribution in [0.5, 0.6) is 5.75 Å². The van der Waals surface area contributed by atoms with Crippen molar-refractivity contribution in [2.75, 3.05) is 12.4 Å². The molecule has 1 aromatic carbocycles. The number of thiophene rings is 1. The number of anilines is 2. The number of hydrogen-bond donors (Lipinski definition) is 1. The minimum absolute atomic E-state index is 0.223. The molecule has 7 heteroatoms. The van der Waals surface area contributed by atoms with Crippen LogP contribution in [0.1, 0.15) is 4.88 Å². The molecule has 0 aliphatic carbocycles. The monoisotopic (exact) mass is 383 g/mol. The largest absolute Gasteiger partial charge is 0.495 e. The van der Waals surface area contributed by atoms with Crippen molar-refractivity contribution in [1.82, 2.24) is 9.97 Å². The first-order valence-electron chi connectivity index (χ1n) is 6.11. The molecule has 3 aromatic rings. The van der Waals surface area contributed by atoms with E-state index in [2.05, 4.69) is 31.2 Å². The fraction of sp³-hybridized carbons (Fsp3) is 0.143. The summed E-state index contributed by atoms with van der Waals surface area (Å²) in [6.07, 6.45) is 0. The standard InChI is InChI=1S/C14H11BrClN3OS/c1-7-5-9-12(18-14(16)19-13(9)21-7)17-10-6-8(15)3-4-11(10)20-2/h3-6H,1-2H3,(H,17,18,19). The number of aryl methyl sites for hydroxylation is 1. The van der Waals surface area contributed by atoms with Crippen LogP contribution in [0.25, 0.3) is 10.2 Å². The summed E-state index contributed by atoms with van der Waals surface area (Å²) >= 11 is 11.1. The van der Waals surface area contributed by atoms with Gasteiger partial charge in [-0.3, -0.25) is 0 Å². The second-order valence-corrected chi connectivity index (χ2v) is 6.88. The maximum absolute atomic E-state index is 6.01. The fourth-order valence-electron chi connectivity index (χ4n) is 2.02. The number of hydrogen-bond acceptors (Lipinski definition) is 5. The van der Waals surface area contributed by atoms with E-state index in [1.165, 1.54) is 0 Å². The van der Waals surface area contributed by atoms with Crippen molar-refractivity contribution in [2.24, 2.45) is 0 Å². The van der Waals surface area contributed by atoms with Crippen LogP contribution in [-0.4, -0.2) is 17.1 Å². The molecule has 0 saturated heterocycles. The smallest absolute Gasteiger partial charge is 0.225 e. The van der Waals surface area contributed by atoms with E-state index in [0.29, 0.717) is 5.82 Å². The minimum atomic E-state index is 0.223. The zero-order chi connectivity index (χ0) is 15.0. The Morgan fingerprint density at radius 1 is 1.29 bits per heavy atom. The second-order valence-electron chi connectivity index (χ2n) is 4.39. The number of rotatable bonds is 3. The highest BCUT2D eigenvalue weighted by Crippen LogP contribution is 2.35. The molecule has 0 spiro atoms. The molecular formula is C14H11BrClN3OS. The predicted molar refractivity (Wildman–Crippen MR) is 91.1 cm³/mol. The number of ether oxygens (including phenoxy) is 1. The zero-order valence-corrected chi connectivity index (χ0v) is 14.4. The Bertz CT molecular complexity index is 821. The first-order chi connectivity index (χ1) is 10.1. The summed E-state index contributed by atoms with van der Waals surface area (Å²) < 4.78 is 6.31. The number of aromatic nitrogens is 2. The van der Waals surface area contributed by atoms with E-state index in [-0.39, 0.29) is 5.28 Å². The van der Waals surface area contributed by atoms with E-state index >= 15 is 0 Å². The molecule has 4 nitrogen and oxygen atoms in total. The molecule has 2 heterocycles. The van der Waals surface area contributed by atoms with Gasteiger partial charge in [0.1, 0.15) is 16.4 Å². The van der Waals surface area contributed by atoms with Crippen molar-refractivity contribution in [3.8, 4) is 5.75 Å². The predicted octanol–water partition coefficient (Wildman–Crippen LogP) is 5.17. The van der Waals surface area contributed by atoms with Gasteiger partial charge in [0.05, 0.1) is 18.2 Å². The van der Waals surface area contributed by atoms with Crippen LogP contribution >= 0.6 is 38.9 Å². The average Bonchev–Trinajstić information content (AvgIpc) is 2.79. The highest BCUT2D eigenvalue weighted by Gasteiger charge is 2.12. The third-order valence-corrected chi connectivity index (χ3v) is 4.51. The summed E-state index contributed by atoms with van der Waals surface area (Å²) in [5.74, 6) is 1.40. The lowest BCUT2D eigenvalue weighted by molar-refractivity contribution is 0.416. The summed E-state index contributed by atoms with van der Waals surface area (Å²) in [5, 5.41) is 4.45. The summed E-state index contributed by atoms with van der Waals surface area (Å²) in [4.78, 5) is 10.6. The summed E-state index contributed by atoms with van der Waals surface area (Å²) in [5.41, 5.74) is 0.812. The lowest BCUT2D eigenvalue weighted by Gasteiger charge is -2.11. The number of nitrogens with one attached hydrogen (secondary N) is 1. The van der Waals surface area contributed by atoms with Crippen molar-refractivity contribution in [2.45, 2.75) is 6.92 Å². The van der Waals surface area contributed by atoms with Gasteiger partial charge in [0.15, 0.2) is 0 Å². The highest BCUT2D eigenvalue weighted by molar-refractivity contribution is 9.10.